The molecule has 2 rings (SSSR count). The molecule has 0 N–H and O–H groups in total. The summed E-state index contributed by atoms with van der Waals surface area (Å²) in [6, 6.07) is 4.37. The van der Waals surface area contributed by atoms with Crippen molar-refractivity contribution in [1.29, 1.82) is 0 Å². The summed E-state index contributed by atoms with van der Waals surface area (Å²) in [6.07, 6.45) is 3.87. The van der Waals surface area contributed by atoms with Gasteiger partial charge in [0.2, 0.25) is 0 Å². The molecule has 1 aliphatic rings. The molecule has 58 valence electrons. The molecular formula is C10H11Br. The van der Waals surface area contributed by atoms with Crippen LogP contribution in [0, 0.1) is 6.92 Å². The predicted molar refractivity (Wildman–Crippen MR) is 50.9 cm³/mol. The van der Waals surface area contributed by atoms with Gasteiger partial charge < -0.3 is 0 Å². The van der Waals surface area contributed by atoms with E-state index in [1.165, 1.54) is 29.3 Å². The second kappa shape index (κ2) is 2.63. The molecule has 0 heterocycles. The first-order valence-corrected chi connectivity index (χ1v) is 4.85. The highest BCUT2D eigenvalue weighted by Crippen LogP contribution is 2.31. The van der Waals surface area contributed by atoms with Crippen LogP contribution >= 0.6 is 15.9 Å². The van der Waals surface area contributed by atoms with Crippen LogP contribution in [0.4, 0.5) is 0 Å². The van der Waals surface area contributed by atoms with Crippen molar-refractivity contribution in [3.05, 3.63) is 33.3 Å². The summed E-state index contributed by atoms with van der Waals surface area (Å²) in [7, 11) is 0. The molecule has 0 bridgehead atoms. The normalized spacial score (nSPS) is 15.1. The van der Waals surface area contributed by atoms with Crippen LogP contribution in [-0.4, -0.2) is 0 Å². The summed E-state index contributed by atoms with van der Waals surface area (Å²) >= 11 is 3.58. The van der Waals surface area contributed by atoms with E-state index in [1.54, 1.807) is 11.1 Å². The summed E-state index contributed by atoms with van der Waals surface area (Å²) in [6.45, 7) is 2.20. The predicted octanol–water partition coefficient (Wildman–Crippen LogP) is 3.25. The molecule has 0 aliphatic heterocycles. The number of aryl methyl sites for hydroxylation is 1. The standard InChI is InChI=1S/C10H11Br/c1-7-5-6-10(11)9-4-2-3-8(7)9/h5-6H,2-4H2,1H3. The number of hydrogen-bond acceptors (Lipinski definition) is 0. The first-order valence-electron chi connectivity index (χ1n) is 4.06. The van der Waals surface area contributed by atoms with E-state index in [4.69, 9.17) is 0 Å². The van der Waals surface area contributed by atoms with Crippen molar-refractivity contribution in [2.24, 2.45) is 0 Å². The highest BCUT2D eigenvalue weighted by Gasteiger charge is 2.14. The minimum atomic E-state index is 1.26. The van der Waals surface area contributed by atoms with Gasteiger partial charge in [-0.1, -0.05) is 22.0 Å². The summed E-state index contributed by atoms with van der Waals surface area (Å²) < 4.78 is 1.30. The fourth-order valence-corrected chi connectivity index (χ4v) is 2.41. The fourth-order valence-electron chi connectivity index (χ4n) is 1.84. The third kappa shape index (κ3) is 1.12. The second-order valence-corrected chi connectivity index (χ2v) is 4.03. The second-order valence-electron chi connectivity index (χ2n) is 3.17. The highest BCUT2D eigenvalue weighted by molar-refractivity contribution is 9.10. The van der Waals surface area contributed by atoms with Gasteiger partial charge >= 0.3 is 0 Å². The Kier molecular flexibility index (Phi) is 1.76. The van der Waals surface area contributed by atoms with Gasteiger partial charge in [-0.05, 0) is 48.9 Å². The molecule has 1 heteroatoms. The third-order valence-corrected chi connectivity index (χ3v) is 3.20. The van der Waals surface area contributed by atoms with Crippen LogP contribution in [0.2, 0.25) is 0 Å². The summed E-state index contributed by atoms with van der Waals surface area (Å²) in [5.74, 6) is 0. The number of hydrogen-bond donors (Lipinski definition) is 0. The van der Waals surface area contributed by atoms with Crippen molar-refractivity contribution in [2.75, 3.05) is 0 Å². The molecule has 0 aromatic heterocycles. The lowest BCUT2D eigenvalue weighted by Crippen LogP contribution is -1.87. The Bertz CT molecular complexity index is 260. The lowest BCUT2D eigenvalue weighted by Gasteiger charge is -2.04. The lowest BCUT2D eigenvalue weighted by atomic mass is 10.1. The SMILES string of the molecule is Cc1ccc(Br)c2c1CCC2. The molecule has 0 radical (unpaired) electrons. The van der Waals surface area contributed by atoms with Crippen molar-refractivity contribution >= 4 is 15.9 Å². The minimum Gasteiger partial charge on any atom is -0.0579 e. The van der Waals surface area contributed by atoms with Gasteiger partial charge in [-0.15, -0.1) is 0 Å². The van der Waals surface area contributed by atoms with Gasteiger partial charge in [0.1, 0.15) is 0 Å². The molecule has 0 saturated carbocycles. The molecule has 0 spiro atoms. The minimum absolute atomic E-state index is 1.26. The summed E-state index contributed by atoms with van der Waals surface area (Å²) in [5.41, 5.74) is 4.59. The number of halogens is 1. The van der Waals surface area contributed by atoms with E-state index < -0.39 is 0 Å². The van der Waals surface area contributed by atoms with Gasteiger partial charge in [0, 0.05) is 4.47 Å². The van der Waals surface area contributed by atoms with Crippen molar-refractivity contribution in [1.82, 2.24) is 0 Å². The zero-order chi connectivity index (χ0) is 7.84. The van der Waals surface area contributed by atoms with Crippen molar-refractivity contribution in [3.8, 4) is 0 Å². The molecule has 0 fully saturated rings. The van der Waals surface area contributed by atoms with Gasteiger partial charge in [0.15, 0.2) is 0 Å². The van der Waals surface area contributed by atoms with Gasteiger partial charge in [-0.25, -0.2) is 0 Å². The zero-order valence-electron chi connectivity index (χ0n) is 6.65. The van der Waals surface area contributed by atoms with Gasteiger partial charge in [0.25, 0.3) is 0 Å². The van der Waals surface area contributed by atoms with E-state index in [9.17, 15) is 0 Å². The quantitative estimate of drug-likeness (QED) is 0.617. The molecule has 0 amide bonds. The molecule has 1 aliphatic carbocycles. The van der Waals surface area contributed by atoms with Crippen LogP contribution in [0.25, 0.3) is 0 Å². The van der Waals surface area contributed by atoms with Crippen LogP contribution in [0.3, 0.4) is 0 Å². The highest BCUT2D eigenvalue weighted by atomic mass is 79.9. The molecule has 11 heavy (non-hydrogen) atoms. The first kappa shape index (κ1) is 7.35. The lowest BCUT2D eigenvalue weighted by molar-refractivity contribution is 0.908. The maximum atomic E-state index is 3.58. The molecule has 0 nitrogen and oxygen atoms in total. The first-order chi connectivity index (χ1) is 5.29. The largest absolute Gasteiger partial charge is 0.0579 e. The molecule has 1 aromatic rings. The Balaban J connectivity index is 2.64. The van der Waals surface area contributed by atoms with Crippen molar-refractivity contribution < 1.29 is 0 Å². The van der Waals surface area contributed by atoms with Crippen molar-refractivity contribution in [3.63, 3.8) is 0 Å². The van der Waals surface area contributed by atoms with E-state index in [-0.39, 0.29) is 0 Å². The van der Waals surface area contributed by atoms with Gasteiger partial charge in [0.05, 0.1) is 0 Å². The van der Waals surface area contributed by atoms with Gasteiger partial charge in [-0.2, -0.15) is 0 Å². The van der Waals surface area contributed by atoms with E-state index in [0.717, 1.165) is 0 Å². The molecular weight excluding hydrogens is 200 g/mol. The topological polar surface area (TPSA) is 0 Å². The van der Waals surface area contributed by atoms with Crippen LogP contribution in [0.1, 0.15) is 23.1 Å². The number of benzene rings is 1. The van der Waals surface area contributed by atoms with E-state index in [1.807, 2.05) is 0 Å². The van der Waals surface area contributed by atoms with Gasteiger partial charge in [-0.3, -0.25) is 0 Å². The zero-order valence-corrected chi connectivity index (χ0v) is 8.24. The Labute approximate surface area is 75.8 Å². The van der Waals surface area contributed by atoms with E-state index >= 15 is 0 Å². The van der Waals surface area contributed by atoms with Crippen LogP contribution in [0.15, 0.2) is 16.6 Å². The Morgan fingerprint density at radius 1 is 1.18 bits per heavy atom. The van der Waals surface area contributed by atoms with Crippen LogP contribution < -0.4 is 0 Å². The average molecular weight is 211 g/mol. The molecule has 0 unspecified atom stereocenters. The Hall–Kier alpha value is -0.300. The number of rotatable bonds is 0. The van der Waals surface area contributed by atoms with E-state index in [0.29, 0.717) is 0 Å². The Morgan fingerprint density at radius 2 is 1.91 bits per heavy atom. The maximum Gasteiger partial charge on any atom is 0.0210 e. The molecule has 1 aromatic carbocycles. The molecule has 0 atom stereocenters. The van der Waals surface area contributed by atoms with Crippen LogP contribution in [0.5, 0.6) is 0 Å². The monoisotopic (exact) mass is 210 g/mol. The fraction of sp³-hybridized carbons (Fsp3) is 0.400. The van der Waals surface area contributed by atoms with E-state index in [2.05, 4.69) is 35.0 Å². The average Bonchev–Trinajstić information content (AvgIpc) is 2.45. The number of fused-ring (bicyclic) bond motifs is 1. The van der Waals surface area contributed by atoms with Crippen LogP contribution in [-0.2, 0) is 12.8 Å². The summed E-state index contributed by atoms with van der Waals surface area (Å²) in [4.78, 5) is 0. The smallest absolute Gasteiger partial charge is 0.0210 e. The summed E-state index contributed by atoms with van der Waals surface area (Å²) in [5, 5.41) is 0. The maximum absolute atomic E-state index is 3.58. The Morgan fingerprint density at radius 3 is 2.64 bits per heavy atom. The molecule has 0 saturated heterocycles. The third-order valence-electron chi connectivity index (χ3n) is 2.46. The van der Waals surface area contributed by atoms with Crippen molar-refractivity contribution in [2.45, 2.75) is 26.2 Å².